The van der Waals surface area contributed by atoms with Crippen molar-refractivity contribution < 1.29 is 22.4 Å². The zero-order chi connectivity index (χ0) is 21.3. The van der Waals surface area contributed by atoms with Gasteiger partial charge in [0.2, 0.25) is 0 Å². The molecule has 2 heterocycles. The molecule has 0 saturated carbocycles. The van der Waals surface area contributed by atoms with Crippen LogP contribution in [0.2, 0.25) is 0 Å². The Bertz CT molecular complexity index is 1250. The van der Waals surface area contributed by atoms with Crippen molar-refractivity contribution in [2.24, 2.45) is 0 Å². The molecule has 1 saturated heterocycles. The summed E-state index contributed by atoms with van der Waals surface area (Å²) in [6, 6.07) is 14.6. The van der Waals surface area contributed by atoms with E-state index < -0.39 is 21.8 Å². The van der Waals surface area contributed by atoms with Crippen molar-refractivity contribution in [2.45, 2.75) is 19.0 Å². The van der Waals surface area contributed by atoms with Gasteiger partial charge in [0.15, 0.2) is 21.0 Å². The van der Waals surface area contributed by atoms with E-state index in [1.165, 1.54) is 11.0 Å². The maximum Gasteiger partial charge on any atom is 0.290 e. The number of methoxy groups -OCH3 is 1. The van der Waals surface area contributed by atoms with E-state index in [-0.39, 0.29) is 29.2 Å². The van der Waals surface area contributed by atoms with Gasteiger partial charge < -0.3 is 14.1 Å². The predicted octanol–water partition coefficient (Wildman–Crippen LogP) is 2.63. The van der Waals surface area contributed by atoms with Crippen LogP contribution in [-0.4, -0.2) is 43.9 Å². The van der Waals surface area contributed by atoms with E-state index in [2.05, 4.69) is 0 Å². The lowest BCUT2D eigenvalue weighted by molar-refractivity contribution is 0.0648. The second-order valence-electron chi connectivity index (χ2n) is 7.31. The molecule has 1 aromatic heterocycles. The van der Waals surface area contributed by atoms with Gasteiger partial charge in [-0.1, -0.05) is 24.3 Å². The van der Waals surface area contributed by atoms with Crippen molar-refractivity contribution >= 4 is 26.7 Å². The van der Waals surface area contributed by atoms with Crippen LogP contribution < -0.4 is 10.2 Å². The molecule has 2 aromatic carbocycles. The number of hydrogen-bond donors (Lipinski definition) is 0. The number of rotatable bonds is 5. The molecule has 30 heavy (non-hydrogen) atoms. The van der Waals surface area contributed by atoms with Gasteiger partial charge in [-0.3, -0.25) is 9.59 Å². The van der Waals surface area contributed by atoms with Crippen molar-refractivity contribution in [3.8, 4) is 5.75 Å². The van der Waals surface area contributed by atoms with Crippen LogP contribution in [-0.2, 0) is 16.4 Å². The molecule has 0 N–H and O–H groups in total. The molecule has 4 rings (SSSR count). The van der Waals surface area contributed by atoms with E-state index in [0.717, 1.165) is 5.56 Å². The van der Waals surface area contributed by atoms with Gasteiger partial charge in [0.25, 0.3) is 5.91 Å². The fourth-order valence-electron chi connectivity index (χ4n) is 3.67. The lowest BCUT2D eigenvalue weighted by atomic mass is 10.1. The first kappa shape index (κ1) is 20.2. The monoisotopic (exact) mass is 427 g/mol. The fraction of sp³-hybridized carbons (Fsp3) is 0.273. The smallest absolute Gasteiger partial charge is 0.290 e. The number of ether oxygens (including phenoxy) is 1. The topological polar surface area (TPSA) is 93.9 Å². The molecule has 1 amide bonds. The molecule has 1 aliphatic heterocycles. The lowest BCUT2D eigenvalue weighted by Gasteiger charge is -2.28. The van der Waals surface area contributed by atoms with E-state index in [4.69, 9.17) is 9.15 Å². The maximum atomic E-state index is 13.3. The van der Waals surface area contributed by atoms with E-state index >= 15 is 0 Å². The average molecular weight is 427 g/mol. The molecule has 0 unspecified atom stereocenters. The first-order valence-corrected chi connectivity index (χ1v) is 11.4. The molecule has 0 bridgehead atoms. The standard InChI is InChI=1S/C22H21NO6S/c1-28-17-8-6-15(7-9-17)13-23(16-10-11-30(26,27)14-16)22(25)21-12-19(24)18-4-2-3-5-20(18)29-21/h2-9,12,16H,10-11,13-14H2,1H3/t16-/m1/s1. The highest BCUT2D eigenvalue weighted by Crippen LogP contribution is 2.24. The number of nitrogens with zero attached hydrogens (tertiary/aromatic N) is 1. The minimum Gasteiger partial charge on any atom is -0.497 e. The summed E-state index contributed by atoms with van der Waals surface area (Å²) >= 11 is 0. The summed E-state index contributed by atoms with van der Waals surface area (Å²) in [5.41, 5.74) is 0.817. The summed E-state index contributed by atoms with van der Waals surface area (Å²) < 4.78 is 35.0. The zero-order valence-electron chi connectivity index (χ0n) is 16.4. The molecule has 7 nitrogen and oxygen atoms in total. The summed E-state index contributed by atoms with van der Waals surface area (Å²) in [6.07, 6.45) is 0.349. The zero-order valence-corrected chi connectivity index (χ0v) is 17.2. The van der Waals surface area contributed by atoms with E-state index in [0.29, 0.717) is 23.1 Å². The number of fused-ring (bicyclic) bond motifs is 1. The number of para-hydroxylation sites is 1. The fourth-order valence-corrected chi connectivity index (χ4v) is 5.40. The Balaban J connectivity index is 1.71. The SMILES string of the molecule is COc1ccc(CN(C(=O)c2cc(=O)c3ccccc3o2)[C@@H]2CCS(=O)(=O)C2)cc1. The molecule has 0 radical (unpaired) electrons. The van der Waals surface area contributed by atoms with Gasteiger partial charge >= 0.3 is 0 Å². The summed E-state index contributed by atoms with van der Waals surface area (Å²) in [5.74, 6) is 0.00574. The van der Waals surface area contributed by atoms with Crippen LogP contribution in [0.5, 0.6) is 5.75 Å². The van der Waals surface area contributed by atoms with Crippen LogP contribution in [0.1, 0.15) is 22.5 Å². The molecule has 1 aliphatic rings. The minimum absolute atomic E-state index is 0.0335. The average Bonchev–Trinajstić information content (AvgIpc) is 3.11. The Hall–Kier alpha value is -3.13. The van der Waals surface area contributed by atoms with Crippen LogP contribution in [0, 0.1) is 0 Å². The third-order valence-corrected chi connectivity index (χ3v) is 7.02. The van der Waals surface area contributed by atoms with Crippen LogP contribution in [0.25, 0.3) is 11.0 Å². The van der Waals surface area contributed by atoms with Crippen molar-refractivity contribution in [1.29, 1.82) is 0 Å². The van der Waals surface area contributed by atoms with Crippen molar-refractivity contribution in [1.82, 2.24) is 4.90 Å². The molecule has 0 aliphatic carbocycles. The molecule has 0 spiro atoms. The Morgan fingerprint density at radius 2 is 1.90 bits per heavy atom. The molecular weight excluding hydrogens is 406 g/mol. The summed E-state index contributed by atoms with van der Waals surface area (Å²) in [4.78, 5) is 27.3. The van der Waals surface area contributed by atoms with Crippen LogP contribution in [0.4, 0.5) is 0 Å². The van der Waals surface area contributed by atoms with Crippen LogP contribution >= 0.6 is 0 Å². The number of hydrogen-bond acceptors (Lipinski definition) is 6. The van der Waals surface area contributed by atoms with Gasteiger partial charge in [-0.25, -0.2) is 8.42 Å². The van der Waals surface area contributed by atoms with E-state index in [1.54, 1.807) is 43.5 Å². The Labute approximate surface area is 173 Å². The first-order chi connectivity index (χ1) is 14.4. The molecule has 156 valence electrons. The Kier molecular flexibility index (Phi) is 5.34. The van der Waals surface area contributed by atoms with Crippen LogP contribution in [0.3, 0.4) is 0 Å². The van der Waals surface area contributed by atoms with Gasteiger partial charge in [-0.2, -0.15) is 0 Å². The van der Waals surface area contributed by atoms with Crippen LogP contribution in [0.15, 0.2) is 63.8 Å². The second kappa shape index (κ2) is 7.95. The van der Waals surface area contributed by atoms with Gasteiger partial charge in [0, 0.05) is 18.7 Å². The summed E-state index contributed by atoms with van der Waals surface area (Å²) in [6.45, 7) is 0.194. The lowest BCUT2D eigenvalue weighted by Crippen LogP contribution is -2.40. The molecular formula is C22H21NO6S. The normalized spacial score (nSPS) is 17.7. The maximum absolute atomic E-state index is 13.3. The number of sulfone groups is 1. The third kappa shape index (κ3) is 4.09. The number of carbonyl (C=O) groups is 1. The summed E-state index contributed by atoms with van der Waals surface area (Å²) in [7, 11) is -1.64. The number of benzene rings is 2. The second-order valence-corrected chi connectivity index (χ2v) is 9.54. The number of amides is 1. The van der Waals surface area contributed by atoms with E-state index in [9.17, 15) is 18.0 Å². The molecule has 3 aromatic rings. The molecule has 1 fully saturated rings. The third-order valence-electron chi connectivity index (χ3n) is 5.27. The summed E-state index contributed by atoms with van der Waals surface area (Å²) in [5, 5.41) is 0.388. The Morgan fingerprint density at radius 1 is 1.17 bits per heavy atom. The highest BCUT2D eigenvalue weighted by molar-refractivity contribution is 7.91. The van der Waals surface area contributed by atoms with Gasteiger partial charge in [-0.05, 0) is 36.2 Å². The van der Waals surface area contributed by atoms with E-state index in [1.807, 2.05) is 12.1 Å². The predicted molar refractivity (Wildman–Crippen MR) is 112 cm³/mol. The largest absolute Gasteiger partial charge is 0.497 e. The first-order valence-electron chi connectivity index (χ1n) is 9.53. The minimum atomic E-state index is -3.21. The Morgan fingerprint density at radius 3 is 2.57 bits per heavy atom. The van der Waals surface area contributed by atoms with Gasteiger partial charge in [-0.15, -0.1) is 0 Å². The number of carbonyl (C=O) groups excluding carboxylic acids is 1. The van der Waals surface area contributed by atoms with Gasteiger partial charge in [0.05, 0.1) is 24.0 Å². The quantitative estimate of drug-likeness (QED) is 0.621. The molecule has 1 atom stereocenters. The highest BCUT2D eigenvalue weighted by atomic mass is 32.2. The van der Waals surface area contributed by atoms with Gasteiger partial charge in [0.1, 0.15) is 11.3 Å². The highest BCUT2D eigenvalue weighted by Gasteiger charge is 2.36. The van der Waals surface area contributed by atoms with Crippen molar-refractivity contribution in [3.63, 3.8) is 0 Å². The van der Waals surface area contributed by atoms with Crippen molar-refractivity contribution in [3.05, 3.63) is 76.1 Å². The van der Waals surface area contributed by atoms with Crippen molar-refractivity contribution in [2.75, 3.05) is 18.6 Å². The molecule has 8 heteroatoms.